The highest BCUT2D eigenvalue weighted by Gasteiger charge is 2.13. The molecule has 0 amide bonds. The van der Waals surface area contributed by atoms with Crippen molar-refractivity contribution in [3.8, 4) is 12.1 Å². The fourth-order valence-corrected chi connectivity index (χ4v) is 2.11. The third kappa shape index (κ3) is 2.14. The Balaban J connectivity index is 2.30. The number of nitriles is 2. The zero-order chi connectivity index (χ0) is 13.0. The van der Waals surface area contributed by atoms with Crippen molar-refractivity contribution < 1.29 is 0 Å². The molecule has 7 nitrogen and oxygen atoms in total. The van der Waals surface area contributed by atoms with E-state index < -0.39 is 0 Å². The van der Waals surface area contributed by atoms with Crippen LogP contribution in [-0.4, -0.2) is 25.7 Å². The molecule has 1 N–H and O–H groups in total. The van der Waals surface area contributed by atoms with Crippen LogP contribution in [0.4, 0.5) is 5.00 Å². The lowest BCUT2D eigenvalue weighted by atomic mass is 10.3. The first-order chi connectivity index (χ1) is 8.80. The van der Waals surface area contributed by atoms with Gasteiger partial charge in [-0.15, -0.1) is 5.10 Å². The van der Waals surface area contributed by atoms with E-state index in [1.54, 1.807) is 4.57 Å². The van der Waals surface area contributed by atoms with Crippen LogP contribution in [0.5, 0.6) is 0 Å². The molecule has 0 spiro atoms. The molecule has 90 valence electrons. The average Bonchev–Trinajstić information content (AvgIpc) is 2.97. The quantitative estimate of drug-likeness (QED) is 0.877. The molecule has 8 heteroatoms. The van der Waals surface area contributed by atoms with Crippen molar-refractivity contribution in [3.63, 3.8) is 0 Å². The molecule has 2 heterocycles. The highest BCUT2D eigenvalue weighted by Crippen LogP contribution is 2.19. The van der Waals surface area contributed by atoms with Crippen molar-refractivity contribution in [2.75, 3.05) is 11.9 Å². The van der Waals surface area contributed by atoms with Gasteiger partial charge in [-0.2, -0.15) is 10.5 Å². The predicted octanol–water partition coefficient (Wildman–Crippen LogP) is 0.958. The van der Waals surface area contributed by atoms with E-state index >= 15 is 0 Å². The van der Waals surface area contributed by atoms with E-state index in [0.717, 1.165) is 17.2 Å². The summed E-state index contributed by atoms with van der Waals surface area (Å²) in [5.74, 6) is 0. The molecule has 2 rings (SSSR count). The molecule has 0 saturated heterocycles. The first-order valence-electron chi connectivity index (χ1n) is 5.20. The first kappa shape index (κ1) is 12.0. The zero-order valence-electron chi connectivity index (χ0n) is 9.58. The van der Waals surface area contributed by atoms with Crippen LogP contribution in [0.3, 0.4) is 0 Å². The Kier molecular flexibility index (Phi) is 3.51. The number of nitrogens with zero attached hydrogens (tertiary/aromatic N) is 6. The van der Waals surface area contributed by atoms with Crippen LogP contribution in [0.2, 0.25) is 0 Å². The molecule has 2 aromatic rings. The maximum atomic E-state index is 9.01. The Morgan fingerprint density at radius 1 is 1.44 bits per heavy atom. The van der Waals surface area contributed by atoms with E-state index in [-0.39, 0.29) is 11.4 Å². The summed E-state index contributed by atoms with van der Waals surface area (Å²) < 4.78 is 5.46. The van der Waals surface area contributed by atoms with Gasteiger partial charge in [-0.3, -0.25) is 0 Å². The van der Waals surface area contributed by atoms with Crippen LogP contribution >= 0.6 is 11.5 Å². The molecule has 0 aliphatic rings. The third-order valence-corrected chi connectivity index (χ3v) is 2.99. The lowest BCUT2D eigenvalue weighted by molar-refractivity contribution is 0.758. The van der Waals surface area contributed by atoms with Gasteiger partial charge in [-0.1, -0.05) is 4.49 Å². The molecule has 0 bridgehead atoms. The summed E-state index contributed by atoms with van der Waals surface area (Å²) in [5.41, 5.74) is 1.11. The highest BCUT2D eigenvalue weighted by atomic mass is 32.1. The summed E-state index contributed by atoms with van der Waals surface area (Å²) in [7, 11) is 0. The van der Waals surface area contributed by atoms with Crippen molar-refractivity contribution in [1.29, 1.82) is 10.5 Å². The van der Waals surface area contributed by atoms with Crippen LogP contribution < -0.4 is 5.32 Å². The smallest absolute Gasteiger partial charge is 0.176 e. The van der Waals surface area contributed by atoms with E-state index in [4.69, 9.17) is 10.5 Å². The Morgan fingerprint density at radius 2 is 2.28 bits per heavy atom. The largest absolute Gasteiger partial charge is 0.374 e. The fourth-order valence-electron chi connectivity index (χ4n) is 1.47. The molecule has 2 aromatic heterocycles. The number of rotatable bonds is 4. The van der Waals surface area contributed by atoms with Crippen molar-refractivity contribution >= 4 is 16.5 Å². The predicted molar refractivity (Wildman–Crippen MR) is 64.8 cm³/mol. The minimum atomic E-state index is 0.130. The maximum absolute atomic E-state index is 9.01. The molecule has 0 aliphatic carbocycles. The van der Waals surface area contributed by atoms with Crippen LogP contribution in [0.25, 0.3) is 0 Å². The van der Waals surface area contributed by atoms with Gasteiger partial charge < -0.3 is 9.88 Å². The monoisotopic (exact) mass is 259 g/mol. The highest BCUT2D eigenvalue weighted by molar-refractivity contribution is 7.10. The summed E-state index contributed by atoms with van der Waals surface area (Å²) in [6.07, 6.45) is 1.46. The number of hydrogen-bond acceptors (Lipinski definition) is 7. The number of aromatic nitrogens is 4. The molecule has 0 unspecified atom stereocenters. The van der Waals surface area contributed by atoms with Crippen molar-refractivity contribution in [2.45, 2.75) is 13.5 Å². The van der Waals surface area contributed by atoms with E-state index in [9.17, 15) is 0 Å². The topological polar surface area (TPSA) is 103 Å². The van der Waals surface area contributed by atoms with Crippen molar-refractivity contribution in [3.05, 3.63) is 23.4 Å². The molecule has 0 aromatic carbocycles. The molecule has 0 saturated carbocycles. The van der Waals surface area contributed by atoms with Gasteiger partial charge in [0.05, 0.1) is 12.9 Å². The molecular formula is C10H9N7S. The normalized spacial score (nSPS) is 9.72. The summed E-state index contributed by atoms with van der Waals surface area (Å²) in [5, 5.41) is 25.8. The lowest BCUT2D eigenvalue weighted by Crippen LogP contribution is -2.05. The average molecular weight is 259 g/mol. The number of imidazole rings is 1. The van der Waals surface area contributed by atoms with Gasteiger partial charge in [-0.25, -0.2) is 4.98 Å². The molecule has 0 atom stereocenters. The van der Waals surface area contributed by atoms with Crippen molar-refractivity contribution in [1.82, 2.24) is 19.1 Å². The zero-order valence-corrected chi connectivity index (χ0v) is 10.4. The molecular weight excluding hydrogens is 250 g/mol. The third-order valence-electron chi connectivity index (χ3n) is 2.26. The Morgan fingerprint density at radius 3 is 2.94 bits per heavy atom. The van der Waals surface area contributed by atoms with Gasteiger partial charge in [0.15, 0.2) is 11.4 Å². The standard InChI is InChI=1S/C10H9N7S/c1-2-13-10-8(15-16-18-10)5-17-6-14-7(3-11)9(17)4-12/h6,13H,2,5H2,1H3. The molecule has 18 heavy (non-hydrogen) atoms. The van der Waals surface area contributed by atoms with Crippen LogP contribution in [0.15, 0.2) is 6.33 Å². The Hall–Kier alpha value is -2.45. The second-order valence-corrected chi connectivity index (χ2v) is 4.13. The van der Waals surface area contributed by atoms with Crippen LogP contribution in [-0.2, 0) is 6.54 Å². The SMILES string of the molecule is CCNc1snnc1Cn1cnc(C#N)c1C#N. The van der Waals surface area contributed by atoms with Gasteiger partial charge in [0, 0.05) is 18.1 Å². The van der Waals surface area contributed by atoms with E-state index in [0.29, 0.717) is 6.54 Å². The number of hydrogen-bond donors (Lipinski definition) is 1. The molecule has 0 aliphatic heterocycles. The summed E-state index contributed by atoms with van der Waals surface area (Å²) in [4.78, 5) is 3.88. The maximum Gasteiger partial charge on any atom is 0.176 e. The second kappa shape index (κ2) is 5.25. The van der Waals surface area contributed by atoms with Crippen molar-refractivity contribution in [2.24, 2.45) is 0 Å². The number of anilines is 1. The minimum Gasteiger partial charge on any atom is -0.374 e. The Bertz CT molecular complexity index is 627. The Labute approximate surface area is 107 Å². The summed E-state index contributed by atoms with van der Waals surface area (Å²) in [6.45, 7) is 3.13. The first-order valence-corrected chi connectivity index (χ1v) is 5.97. The summed E-state index contributed by atoms with van der Waals surface area (Å²) in [6, 6.07) is 3.85. The van der Waals surface area contributed by atoms with Crippen LogP contribution in [0.1, 0.15) is 24.0 Å². The molecule has 0 fully saturated rings. The summed E-state index contributed by atoms with van der Waals surface area (Å²) >= 11 is 1.27. The van der Waals surface area contributed by atoms with E-state index in [2.05, 4.69) is 19.9 Å². The number of nitrogens with one attached hydrogen (secondary N) is 1. The van der Waals surface area contributed by atoms with Gasteiger partial charge in [0.1, 0.15) is 22.8 Å². The van der Waals surface area contributed by atoms with Gasteiger partial charge >= 0.3 is 0 Å². The fraction of sp³-hybridized carbons (Fsp3) is 0.300. The minimum absolute atomic E-state index is 0.130. The van der Waals surface area contributed by atoms with E-state index in [1.807, 2.05) is 19.1 Å². The van der Waals surface area contributed by atoms with Crippen LogP contribution in [0, 0.1) is 22.7 Å². The van der Waals surface area contributed by atoms with Gasteiger partial charge in [-0.05, 0) is 6.92 Å². The molecule has 0 radical (unpaired) electrons. The van der Waals surface area contributed by atoms with Gasteiger partial charge in [0.2, 0.25) is 0 Å². The van der Waals surface area contributed by atoms with Gasteiger partial charge in [0.25, 0.3) is 0 Å². The lowest BCUT2D eigenvalue weighted by Gasteiger charge is -2.03. The second-order valence-electron chi connectivity index (χ2n) is 3.37. The van der Waals surface area contributed by atoms with E-state index in [1.165, 1.54) is 17.9 Å².